The number of hydrogen-bond donors (Lipinski definition) is 0. The van der Waals surface area contributed by atoms with Gasteiger partial charge in [-0.3, -0.25) is 0 Å². The molecule has 1 aromatic heterocycles. The van der Waals surface area contributed by atoms with E-state index in [0.717, 1.165) is 14.0 Å². The molecule has 0 fully saturated rings. The zero-order valence-corrected chi connectivity index (χ0v) is 12.6. The summed E-state index contributed by atoms with van der Waals surface area (Å²) in [7, 11) is 0. The van der Waals surface area contributed by atoms with Gasteiger partial charge in [0.05, 0.1) is 4.47 Å². The first-order chi connectivity index (χ1) is 7.68. The summed E-state index contributed by atoms with van der Waals surface area (Å²) < 4.78 is 2.16. The Morgan fingerprint density at radius 3 is 2.62 bits per heavy atom. The Bertz CT molecular complexity index is 514. The van der Waals surface area contributed by atoms with Gasteiger partial charge in [0.2, 0.25) is 0 Å². The van der Waals surface area contributed by atoms with Gasteiger partial charge in [-0.15, -0.1) is 0 Å². The van der Waals surface area contributed by atoms with Crippen LogP contribution in [0.4, 0.5) is 0 Å². The van der Waals surface area contributed by atoms with E-state index in [1.54, 1.807) is 11.8 Å². The van der Waals surface area contributed by atoms with Crippen LogP contribution in [0.1, 0.15) is 5.56 Å². The quantitative estimate of drug-likeness (QED) is 0.743. The molecule has 0 unspecified atom stereocenters. The molecular formula is C12H9Br2NS. The first kappa shape index (κ1) is 12.1. The first-order valence-electron chi connectivity index (χ1n) is 4.72. The highest BCUT2D eigenvalue weighted by Gasteiger charge is 2.07. The van der Waals surface area contributed by atoms with E-state index in [9.17, 15) is 0 Å². The van der Waals surface area contributed by atoms with Gasteiger partial charge in [0.15, 0.2) is 0 Å². The fourth-order valence-electron chi connectivity index (χ4n) is 1.22. The van der Waals surface area contributed by atoms with Gasteiger partial charge in [-0.1, -0.05) is 23.9 Å². The van der Waals surface area contributed by atoms with Crippen molar-refractivity contribution in [2.45, 2.75) is 16.8 Å². The second kappa shape index (κ2) is 5.34. The summed E-state index contributed by atoms with van der Waals surface area (Å²) in [6, 6.07) is 10.1. The zero-order chi connectivity index (χ0) is 11.5. The number of hydrogen-bond acceptors (Lipinski definition) is 2. The maximum absolute atomic E-state index is 4.37. The summed E-state index contributed by atoms with van der Waals surface area (Å²) in [5.74, 6) is 0. The van der Waals surface area contributed by atoms with Crippen molar-refractivity contribution < 1.29 is 0 Å². The minimum Gasteiger partial charge on any atom is -0.248 e. The number of benzene rings is 1. The molecule has 1 nitrogen and oxygen atoms in total. The zero-order valence-electron chi connectivity index (χ0n) is 8.58. The fraction of sp³-hybridized carbons (Fsp3) is 0.0833. The highest BCUT2D eigenvalue weighted by atomic mass is 79.9. The number of nitrogens with zero attached hydrogens (tertiary/aromatic N) is 1. The average Bonchev–Trinajstić information content (AvgIpc) is 2.28. The lowest BCUT2D eigenvalue weighted by Gasteiger charge is -2.06. The van der Waals surface area contributed by atoms with Crippen LogP contribution in [0, 0.1) is 6.92 Å². The van der Waals surface area contributed by atoms with Crippen LogP contribution in [0.3, 0.4) is 0 Å². The lowest BCUT2D eigenvalue weighted by atomic mass is 10.3. The molecule has 2 rings (SSSR count). The number of rotatable bonds is 2. The Morgan fingerprint density at radius 2 is 1.88 bits per heavy atom. The molecule has 0 bridgehead atoms. The summed E-state index contributed by atoms with van der Waals surface area (Å²) >= 11 is 8.75. The number of aryl methyl sites for hydroxylation is 1. The van der Waals surface area contributed by atoms with Crippen molar-refractivity contribution in [1.82, 2.24) is 4.98 Å². The molecule has 0 saturated carbocycles. The van der Waals surface area contributed by atoms with Crippen LogP contribution in [0.2, 0.25) is 0 Å². The molecule has 0 atom stereocenters. The maximum Gasteiger partial charge on any atom is 0.115 e. The SMILES string of the molecule is Cc1ccnc(Sc2ccccc2Br)c1Br. The molecule has 0 saturated heterocycles. The number of aromatic nitrogens is 1. The summed E-state index contributed by atoms with van der Waals surface area (Å²) in [5, 5.41) is 0.993. The molecule has 0 aliphatic rings. The molecule has 0 amide bonds. The second-order valence-corrected chi connectivity index (χ2v) is 5.96. The van der Waals surface area contributed by atoms with Crippen molar-refractivity contribution in [2.24, 2.45) is 0 Å². The van der Waals surface area contributed by atoms with Gasteiger partial charge >= 0.3 is 0 Å². The Labute approximate surface area is 116 Å². The molecule has 1 heterocycles. The molecule has 4 heteroatoms. The highest BCUT2D eigenvalue weighted by Crippen LogP contribution is 2.36. The van der Waals surface area contributed by atoms with Crippen LogP contribution in [0.15, 0.2) is 55.4 Å². The van der Waals surface area contributed by atoms with Crippen molar-refractivity contribution in [3.63, 3.8) is 0 Å². The van der Waals surface area contributed by atoms with E-state index >= 15 is 0 Å². The minimum absolute atomic E-state index is 0.993. The molecule has 0 aliphatic carbocycles. The van der Waals surface area contributed by atoms with Crippen LogP contribution in [-0.2, 0) is 0 Å². The second-order valence-electron chi connectivity index (χ2n) is 3.28. The fourth-order valence-corrected chi connectivity index (χ4v) is 3.11. The van der Waals surface area contributed by atoms with Gasteiger partial charge in [-0.2, -0.15) is 0 Å². The summed E-state index contributed by atoms with van der Waals surface area (Å²) in [6.07, 6.45) is 1.83. The molecule has 16 heavy (non-hydrogen) atoms. The van der Waals surface area contributed by atoms with Gasteiger partial charge in [-0.25, -0.2) is 4.98 Å². The van der Waals surface area contributed by atoms with Crippen molar-refractivity contribution >= 4 is 43.6 Å². The van der Waals surface area contributed by atoms with Crippen LogP contribution >= 0.6 is 43.6 Å². The summed E-state index contributed by atoms with van der Waals surface area (Å²) in [6.45, 7) is 2.07. The van der Waals surface area contributed by atoms with E-state index in [-0.39, 0.29) is 0 Å². The highest BCUT2D eigenvalue weighted by molar-refractivity contribution is 9.11. The molecule has 0 aliphatic heterocycles. The van der Waals surface area contributed by atoms with Gasteiger partial charge in [-0.05, 0) is 62.5 Å². The van der Waals surface area contributed by atoms with E-state index in [0.29, 0.717) is 0 Å². The summed E-state index contributed by atoms with van der Waals surface area (Å²) in [4.78, 5) is 5.54. The third kappa shape index (κ3) is 2.67. The predicted molar refractivity (Wildman–Crippen MR) is 74.9 cm³/mol. The molecular weight excluding hydrogens is 350 g/mol. The number of halogens is 2. The van der Waals surface area contributed by atoms with Crippen molar-refractivity contribution in [3.05, 3.63) is 51.0 Å². The Hall–Kier alpha value is -0.320. The normalized spacial score (nSPS) is 10.4. The molecule has 0 spiro atoms. The summed E-state index contributed by atoms with van der Waals surface area (Å²) in [5.41, 5.74) is 1.20. The van der Waals surface area contributed by atoms with E-state index in [2.05, 4.69) is 49.8 Å². The Morgan fingerprint density at radius 1 is 1.12 bits per heavy atom. The predicted octanol–water partition coefficient (Wildman–Crippen LogP) is 5.07. The molecule has 82 valence electrons. The van der Waals surface area contributed by atoms with Crippen molar-refractivity contribution in [1.29, 1.82) is 0 Å². The minimum atomic E-state index is 0.993. The number of pyridine rings is 1. The van der Waals surface area contributed by atoms with Crippen LogP contribution < -0.4 is 0 Å². The molecule has 2 aromatic rings. The van der Waals surface area contributed by atoms with E-state index in [4.69, 9.17) is 0 Å². The smallest absolute Gasteiger partial charge is 0.115 e. The first-order valence-corrected chi connectivity index (χ1v) is 7.12. The molecule has 1 aromatic carbocycles. The maximum atomic E-state index is 4.37. The van der Waals surface area contributed by atoms with Gasteiger partial charge in [0.25, 0.3) is 0 Å². The van der Waals surface area contributed by atoms with Gasteiger partial charge < -0.3 is 0 Å². The van der Waals surface area contributed by atoms with E-state index < -0.39 is 0 Å². The van der Waals surface area contributed by atoms with E-state index in [1.165, 1.54) is 10.5 Å². The van der Waals surface area contributed by atoms with Crippen LogP contribution in [-0.4, -0.2) is 4.98 Å². The largest absolute Gasteiger partial charge is 0.248 e. The van der Waals surface area contributed by atoms with Crippen molar-refractivity contribution in [3.8, 4) is 0 Å². The Balaban J connectivity index is 2.35. The molecule has 0 N–H and O–H groups in total. The van der Waals surface area contributed by atoms with Gasteiger partial charge in [0, 0.05) is 15.6 Å². The monoisotopic (exact) mass is 357 g/mol. The third-order valence-corrected chi connectivity index (χ3v) is 5.39. The standard InChI is InChI=1S/C12H9Br2NS/c1-8-6-7-15-12(11(8)14)16-10-5-3-2-4-9(10)13/h2-7H,1H3. The third-order valence-electron chi connectivity index (χ3n) is 2.09. The van der Waals surface area contributed by atoms with E-state index in [1.807, 2.05) is 30.5 Å². The van der Waals surface area contributed by atoms with Crippen LogP contribution in [0.5, 0.6) is 0 Å². The lowest BCUT2D eigenvalue weighted by molar-refractivity contribution is 1.08. The molecule has 0 radical (unpaired) electrons. The Kier molecular flexibility index (Phi) is 4.05. The van der Waals surface area contributed by atoms with Crippen molar-refractivity contribution in [2.75, 3.05) is 0 Å². The lowest BCUT2D eigenvalue weighted by Crippen LogP contribution is -1.85. The average molecular weight is 359 g/mol. The topological polar surface area (TPSA) is 12.9 Å². The van der Waals surface area contributed by atoms with Gasteiger partial charge in [0.1, 0.15) is 5.03 Å². The van der Waals surface area contributed by atoms with Crippen LogP contribution in [0.25, 0.3) is 0 Å².